The molecule has 10 nitrogen and oxygen atoms in total. The normalized spacial score (nSPS) is 19.5. The molecule has 6 rings (SSSR count). The fraction of sp³-hybridized carbons (Fsp3) is 0.485. The molecule has 2 aromatic carbocycles. The van der Waals surface area contributed by atoms with Crippen LogP contribution in [0.3, 0.4) is 0 Å². The summed E-state index contributed by atoms with van der Waals surface area (Å²) in [6.07, 6.45) is 6.69. The monoisotopic (exact) mass is 585 g/mol. The van der Waals surface area contributed by atoms with E-state index in [4.69, 9.17) is 14.7 Å². The van der Waals surface area contributed by atoms with Gasteiger partial charge in [0.05, 0.1) is 12.2 Å². The highest BCUT2D eigenvalue weighted by Gasteiger charge is 2.30. The Morgan fingerprint density at radius 3 is 2.65 bits per heavy atom. The number of aromatic hydroxyl groups is 1. The lowest BCUT2D eigenvalue weighted by molar-refractivity contribution is -0.126. The Hall–Kier alpha value is -3.89. The van der Waals surface area contributed by atoms with Crippen LogP contribution in [0.5, 0.6) is 11.8 Å². The van der Waals surface area contributed by atoms with E-state index < -0.39 is 0 Å². The van der Waals surface area contributed by atoms with Crippen molar-refractivity contribution in [3.63, 3.8) is 0 Å². The number of amides is 1. The number of piperazine rings is 1. The average Bonchev–Trinajstić information content (AvgIpc) is 3.43. The molecule has 2 saturated heterocycles. The standard InChI is InChI=1S/C33H43N7O3/c1-36(2)13-7-11-31(42)38-16-18-39(19-17-38)32-28-12-15-40(30-21-26(41)20-24-8-4-5-10-27(24)30)22-29(28)34-33(35-32)43-23-25-9-6-14-37(25)3/h4-5,7-8,10-11,20-21,25,41H,6,9,12-19,22-23H2,1-3H3/b11-7+/t25-/m0/s1. The molecular weight excluding hydrogens is 542 g/mol. The second-order valence-electron chi connectivity index (χ2n) is 12.2. The first-order valence-corrected chi connectivity index (χ1v) is 15.4. The first-order valence-electron chi connectivity index (χ1n) is 15.4. The fourth-order valence-electron chi connectivity index (χ4n) is 6.43. The molecule has 4 heterocycles. The molecule has 0 bridgehead atoms. The van der Waals surface area contributed by atoms with Gasteiger partial charge in [0.2, 0.25) is 5.91 Å². The summed E-state index contributed by atoms with van der Waals surface area (Å²) in [6.45, 7) is 6.51. The van der Waals surface area contributed by atoms with Crippen molar-refractivity contribution >= 4 is 28.2 Å². The van der Waals surface area contributed by atoms with Gasteiger partial charge in [0.15, 0.2) is 0 Å². The van der Waals surface area contributed by atoms with Gasteiger partial charge in [0, 0.05) is 74.1 Å². The number of phenols is 1. The summed E-state index contributed by atoms with van der Waals surface area (Å²) < 4.78 is 6.28. The lowest BCUT2D eigenvalue weighted by Gasteiger charge is -2.38. The van der Waals surface area contributed by atoms with E-state index in [-0.39, 0.29) is 11.7 Å². The number of nitrogens with zero attached hydrogens (tertiary/aromatic N) is 7. The van der Waals surface area contributed by atoms with Crippen LogP contribution in [0.15, 0.2) is 48.6 Å². The highest BCUT2D eigenvalue weighted by molar-refractivity contribution is 5.95. The van der Waals surface area contributed by atoms with Gasteiger partial charge in [-0.1, -0.05) is 30.3 Å². The Labute approximate surface area is 254 Å². The van der Waals surface area contributed by atoms with Crippen molar-refractivity contribution in [1.29, 1.82) is 0 Å². The molecule has 1 atom stereocenters. The summed E-state index contributed by atoms with van der Waals surface area (Å²) >= 11 is 0. The summed E-state index contributed by atoms with van der Waals surface area (Å²) in [5.41, 5.74) is 3.12. The topological polar surface area (TPSA) is 88.5 Å². The maximum atomic E-state index is 12.8. The van der Waals surface area contributed by atoms with Crippen molar-refractivity contribution in [1.82, 2.24) is 24.7 Å². The van der Waals surface area contributed by atoms with Crippen molar-refractivity contribution in [2.45, 2.75) is 31.8 Å². The van der Waals surface area contributed by atoms with Crippen LogP contribution in [-0.2, 0) is 17.8 Å². The minimum absolute atomic E-state index is 0.0601. The van der Waals surface area contributed by atoms with Gasteiger partial charge in [0.25, 0.3) is 0 Å². The predicted molar refractivity (Wildman–Crippen MR) is 170 cm³/mol. The maximum Gasteiger partial charge on any atom is 0.318 e. The summed E-state index contributed by atoms with van der Waals surface area (Å²) in [6, 6.07) is 12.6. The summed E-state index contributed by atoms with van der Waals surface area (Å²) in [4.78, 5) is 33.6. The van der Waals surface area contributed by atoms with Gasteiger partial charge in [0.1, 0.15) is 18.2 Å². The van der Waals surface area contributed by atoms with Crippen molar-refractivity contribution in [2.24, 2.45) is 0 Å². The van der Waals surface area contributed by atoms with E-state index in [0.29, 0.717) is 51.4 Å². The van der Waals surface area contributed by atoms with Gasteiger partial charge < -0.3 is 34.3 Å². The van der Waals surface area contributed by atoms with Gasteiger partial charge in [-0.15, -0.1) is 0 Å². The van der Waals surface area contributed by atoms with Gasteiger partial charge in [-0.25, -0.2) is 0 Å². The number of phenolic OH excluding ortho intramolecular Hbond substituents is 1. The highest BCUT2D eigenvalue weighted by atomic mass is 16.5. The molecule has 3 aliphatic heterocycles. The number of benzene rings is 2. The number of likely N-dealkylation sites (tertiary alicyclic amines) is 1. The predicted octanol–water partition coefficient (Wildman–Crippen LogP) is 3.14. The van der Waals surface area contributed by atoms with E-state index in [1.54, 1.807) is 6.08 Å². The zero-order valence-corrected chi connectivity index (χ0v) is 25.6. The highest BCUT2D eigenvalue weighted by Crippen LogP contribution is 2.36. The summed E-state index contributed by atoms with van der Waals surface area (Å²) in [5, 5.41) is 12.6. The minimum atomic E-state index is 0.0601. The van der Waals surface area contributed by atoms with Crippen LogP contribution in [0, 0.1) is 0 Å². The smallest absolute Gasteiger partial charge is 0.318 e. The SMILES string of the molecule is CN(C)C/C=C/C(=O)N1CCN(c2nc(OC[C@@H]3CCCN3C)nc3c2CCN(c2cc(O)cc4ccccc24)C3)CC1. The second-order valence-corrected chi connectivity index (χ2v) is 12.2. The van der Waals surface area contributed by atoms with Crippen LogP contribution >= 0.6 is 0 Å². The molecule has 228 valence electrons. The molecule has 2 fully saturated rings. The van der Waals surface area contributed by atoms with Crippen LogP contribution in [0.4, 0.5) is 11.5 Å². The molecule has 1 amide bonds. The Kier molecular flexibility index (Phi) is 8.67. The van der Waals surface area contributed by atoms with Crippen LogP contribution in [-0.4, -0.2) is 115 Å². The Morgan fingerprint density at radius 1 is 1.07 bits per heavy atom. The number of fused-ring (bicyclic) bond motifs is 2. The molecule has 10 heteroatoms. The molecule has 0 spiro atoms. The zero-order valence-electron chi connectivity index (χ0n) is 25.6. The lowest BCUT2D eigenvalue weighted by atomic mass is 10.0. The van der Waals surface area contributed by atoms with Crippen molar-refractivity contribution in [3.8, 4) is 11.8 Å². The molecule has 0 unspecified atom stereocenters. The number of anilines is 2. The van der Waals surface area contributed by atoms with E-state index in [1.165, 1.54) is 6.42 Å². The third kappa shape index (κ3) is 6.55. The van der Waals surface area contributed by atoms with E-state index >= 15 is 0 Å². The average molecular weight is 586 g/mol. The molecule has 1 N–H and O–H groups in total. The number of hydrogen-bond donors (Lipinski definition) is 1. The van der Waals surface area contributed by atoms with E-state index in [2.05, 4.69) is 27.8 Å². The molecule has 0 radical (unpaired) electrons. The molecule has 1 aromatic heterocycles. The quantitative estimate of drug-likeness (QED) is 0.401. The third-order valence-electron chi connectivity index (χ3n) is 8.89. The van der Waals surface area contributed by atoms with Gasteiger partial charge in [-0.3, -0.25) is 4.79 Å². The van der Waals surface area contributed by atoms with E-state index in [9.17, 15) is 9.90 Å². The van der Waals surface area contributed by atoms with Gasteiger partial charge >= 0.3 is 6.01 Å². The molecular formula is C33H43N7O3. The van der Waals surface area contributed by atoms with E-state index in [1.807, 2.05) is 60.3 Å². The van der Waals surface area contributed by atoms with E-state index in [0.717, 1.165) is 66.0 Å². The van der Waals surface area contributed by atoms with Crippen molar-refractivity contribution in [3.05, 3.63) is 59.8 Å². The van der Waals surface area contributed by atoms with Crippen molar-refractivity contribution in [2.75, 3.05) is 83.4 Å². The molecule has 0 saturated carbocycles. The summed E-state index contributed by atoms with van der Waals surface area (Å²) in [7, 11) is 6.13. The van der Waals surface area contributed by atoms with Crippen LogP contribution in [0.2, 0.25) is 0 Å². The van der Waals surface area contributed by atoms with Crippen molar-refractivity contribution < 1.29 is 14.6 Å². The molecule has 0 aliphatic carbocycles. The Morgan fingerprint density at radius 2 is 1.88 bits per heavy atom. The number of carbonyl (C=O) groups excluding carboxylic acids is 1. The van der Waals surface area contributed by atoms with Gasteiger partial charge in [-0.2, -0.15) is 9.97 Å². The molecule has 3 aliphatic rings. The molecule has 3 aromatic rings. The van der Waals surface area contributed by atoms with Crippen LogP contribution < -0.4 is 14.5 Å². The van der Waals surface area contributed by atoms with Gasteiger partial charge in [-0.05, 0) is 58.4 Å². The Balaban J connectivity index is 1.25. The number of carbonyl (C=O) groups is 1. The van der Waals surface area contributed by atoms with Crippen LogP contribution in [0.1, 0.15) is 24.1 Å². The first kappa shape index (κ1) is 29.2. The third-order valence-corrected chi connectivity index (χ3v) is 8.89. The Bertz CT molecular complexity index is 1480. The largest absolute Gasteiger partial charge is 0.508 e. The minimum Gasteiger partial charge on any atom is -0.508 e. The second kappa shape index (κ2) is 12.8. The fourth-order valence-corrected chi connectivity index (χ4v) is 6.43. The number of rotatable bonds is 8. The number of ether oxygens (including phenoxy) is 1. The first-order chi connectivity index (χ1) is 20.9. The molecule has 43 heavy (non-hydrogen) atoms. The maximum absolute atomic E-state index is 12.8. The number of likely N-dealkylation sites (N-methyl/N-ethyl adjacent to an activating group) is 2. The number of aromatic nitrogens is 2. The zero-order chi connectivity index (χ0) is 29.9. The van der Waals surface area contributed by atoms with Crippen LogP contribution in [0.25, 0.3) is 10.8 Å². The summed E-state index contributed by atoms with van der Waals surface area (Å²) in [5.74, 6) is 1.25. The lowest BCUT2D eigenvalue weighted by Crippen LogP contribution is -2.49. The number of hydrogen-bond acceptors (Lipinski definition) is 9.